The van der Waals surface area contributed by atoms with Crippen LogP contribution in [0.15, 0.2) is 0 Å². The largest absolute Gasteiger partial charge is 0.462 e. The Balaban J connectivity index is 4.64. The SMILES string of the molecule is CCCCCCCCCCCCCC(COC(=O)CC(CCCCCC)CCCCCC)OC(=O)CCCCCN(C)C. The van der Waals surface area contributed by atoms with Gasteiger partial charge in [-0.3, -0.25) is 9.59 Å². The summed E-state index contributed by atoms with van der Waals surface area (Å²) in [4.78, 5) is 27.7. The monoisotopic (exact) mass is 610 g/mol. The van der Waals surface area contributed by atoms with Gasteiger partial charge in [-0.15, -0.1) is 0 Å². The van der Waals surface area contributed by atoms with Crippen LogP contribution >= 0.6 is 0 Å². The molecule has 5 heteroatoms. The third kappa shape index (κ3) is 30.7. The van der Waals surface area contributed by atoms with Gasteiger partial charge in [-0.05, 0) is 65.1 Å². The molecular weight excluding hydrogens is 534 g/mol. The normalized spacial score (nSPS) is 12.3. The molecule has 0 radical (unpaired) electrons. The number of esters is 2. The van der Waals surface area contributed by atoms with Gasteiger partial charge in [-0.2, -0.15) is 0 Å². The summed E-state index contributed by atoms with van der Waals surface area (Å²) in [6.07, 6.45) is 30.8. The van der Waals surface area contributed by atoms with Crippen LogP contribution in [-0.2, 0) is 19.1 Å². The van der Waals surface area contributed by atoms with Gasteiger partial charge in [-0.1, -0.05) is 143 Å². The van der Waals surface area contributed by atoms with Crippen LogP contribution in [0.1, 0.15) is 194 Å². The summed E-state index contributed by atoms with van der Waals surface area (Å²) in [6, 6.07) is 0. The lowest BCUT2D eigenvalue weighted by Gasteiger charge is -2.20. The minimum atomic E-state index is -0.315. The maximum absolute atomic E-state index is 12.9. The molecule has 43 heavy (non-hydrogen) atoms. The minimum absolute atomic E-state index is 0.111. The van der Waals surface area contributed by atoms with Crippen LogP contribution in [0.2, 0.25) is 0 Å². The number of carbonyl (C=O) groups excluding carboxylic acids is 2. The van der Waals surface area contributed by atoms with Gasteiger partial charge < -0.3 is 14.4 Å². The highest BCUT2D eigenvalue weighted by Gasteiger charge is 2.19. The Kier molecular flexibility index (Phi) is 31.5. The highest BCUT2D eigenvalue weighted by Crippen LogP contribution is 2.23. The highest BCUT2D eigenvalue weighted by atomic mass is 16.6. The van der Waals surface area contributed by atoms with Crippen LogP contribution < -0.4 is 0 Å². The van der Waals surface area contributed by atoms with Gasteiger partial charge >= 0.3 is 11.9 Å². The molecule has 0 heterocycles. The van der Waals surface area contributed by atoms with Gasteiger partial charge in [0, 0.05) is 12.8 Å². The number of hydrogen-bond acceptors (Lipinski definition) is 5. The van der Waals surface area contributed by atoms with Crippen molar-refractivity contribution < 1.29 is 19.1 Å². The van der Waals surface area contributed by atoms with Gasteiger partial charge in [0.1, 0.15) is 12.7 Å². The van der Waals surface area contributed by atoms with Crippen molar-refractivity contribution in [2.75, 3.05) is 27.2 Å². The van der Waals surface area contributed by atoms with Crippen molar-refractivity contribution in [3.8, 4) is 0 Å². The zero-order chi connectivity index (χ0) is 31.8. The molecule has 0 rings (SSSR count). The van der Waals surface area contributed by atoms with Crippen LogP contribution in [0.5, 0.6) is 0 Å². The number of ether oxygens (including phenoxy) is 2. The molecule has 0 saturated carbocycles. The molecule has 0 saturated heterocycles. The second kappa shape index (κ2) is 32.3. The Labute approximate surface area is 269 Å². The summed E-state index contributed by atoms with van der Waals surface area (Å²) >= 11 is 0. The maximum Gasteiger partial charge on any atom is 0.306 e. The van der Waals surface area contributed by atoms with E-state index in [-0.39, 0.29) is 24.6 Å². The molecule has 1 atom stereocenters. The van der Waals surface area contributed by atoms with Crippen LogP contribution in [0.25, 0.3) is 0 Å². The van der Waals surface area contributed by atoms with E-state index in [1.54, 1.807) is 0 Å². The quantitative estimate of drug-likeness (QED) is 0.0547. The molecule has 0 N–H and O–H groups in total. The van der Waals surface area contributed by atoms with Crippen molar-refractivity contribution in [2.45, 2.75) is 200 Å². The maximum atomic E-state index is 12.9. The second-order valence-electron chi connectivity index (χ2n) is 13.5. The second-order valence-corrected chi connectivity index (χ2v) is 13.5. The van der Waals surface area contributed by atoms with E-state index in [0.717, 1.165) is 57.9 Å². The first-order valence-corrected chi connectivity index (χ1v) is 18.9. The standard InChI is InChI=1S/C38H75NO4/c1-6-9-12-15-16-17-18-19-20-21-25-30-36(43-37(40)31-26-22-27-32-39(4)5)34-42-38(41)33-35(28-23-13-10-7-2)29-24-14-11-8-3/h35-36H,6-34H2,1-5H3. The van der Waals surface area contributed by atoms with E-state index in [9.17, 15) is 9.59 Å². The fraction of sp³-hybridized carbons (Fsp3) is 0.947. The lowest BCUT2D eigenvalue weighted by molar-refractivity contribution is -0.160. The Morgan fingerprint density at radius 3 is 1.49 bits per heavy atom. The van der Waals surface area contributed by atoms with Gasteiger partial charge in [0.2, 0.25) is 0 Å². The van der Waals surface area contributed by atoms with E-state index >= 15 is 0 Å². The topological polar surface area (TPSA) is 55.8 Å². The van der Waals surface area contributed by atoms with E-state index in [1.165, 1.54) is 109 Å². The number of carbonyl (C=O) groups is 2. The average molecular weight is 610 g/mol. The lowest BCUT2D eigenvalue weighted by atomic mass is 9.92. The molecule has 0 bridgehead atoms. The van der Waals surface area contributed by atoms with Crippen molar-refractivity contribution in [1.82, 2.24) is 4.90 Å². The molecule has 256 valence electrons. The summed E-state index contributed by atoms with van der Waals surface area (Å²) in [5.41, 5.74) is 0. The summed E-state index contributed by atoms with van der Waals surface area (Å²) in [5.74, 6) is 0.161. The van der Waals surface area contributed by atoms with Crippen LogP contribution in [0, 0.1) is 5.92 Å². The zero-order valence-electron chi connectivity index (χ0n) is 29.7. The van der Waals surface area contributed by atoms with Gasteiger partial charge in [-0.25, -0.2) is 0 Å². The van der Waals surface area contributed by atoms with E-state index in [1.807, 2.05) is 0 Å². The van der Waals surface area contributed by atoms with Gasteiger partial charge in [0.15, 0.2) is 0 Å². The highest BCUT2D eigenvalue weighted by molar-refractivity contribution is 5.70. The number of nitrogens with zero attached hydrogens (tertiary/aromatic N) is 1. The Morgan fingerprint density at radius 2 is 0.977 bits per heavy atom. The van der Waals surface area contributed by atoms with Gasteiger partial charge in [0.05, 0.1) is 0 Å². The molecule has 0 aliphatic carbocycles. The van der Waals surface area contributed by atoms with Gasteiger partial charge in [0.25, 0.3) is 0 Å². The first-order valence-electron chi connectivity index (χ1n) is 18.9. The molecule has 0 aliphatic heterocycles. The predicted octanol–water partition coefficient (Wildman–Crippen LogP) is 11.2. The fourth-order valence-electron chi connectivity index (χ4n) is 5.88. The van der Waals surface area contributed by atoms with Crippen molar-refractivity contribution in [3.63, 3.8) is 0 Å². The Hall–Kier alpha value is -1.10. The molecule has 5 nitrogen and oxygen atoms in total. The first-order chi connectivity index (χ1) is 20.9. The van der Waals surface area contributed by atoms with E-state index in [4.69, 9.17) is 9.47 Å². The van der Waals surface area contributed by atoms with E-state index in [2.05, 4.69) is 39.8 Å². The first kappa shape index (κ1) is 41.9. The molecule has 0 spiro atoms. The fourth-order valence-corrected chi connectivity index (χ4v) is 5.88. The van der Waals surface area contributed by atoms with Crippen molar-refractivity contribution in [3.05, 3.63) is 0 Å². The van der Waals surface area contributed by atoms with E-state index in [0.29, 0.717) is 18.8 Å². The number of rotatable bonds is 33. The summed E-state index contributed by atoms with van der Waals surface area (Å²) in [5, 5.41) is 0. The molecule has 1 unspecified atom stereocenters. The predicted molar refractivity (Wildman–Crippen MR) is 185 cm³/mol. The summed E-state index contributed by atoms with van der Waals surface area (Å²) in [7, 11) is 4.16. The Bertz CT molecular complexity index is 597. The van der Waals surface area contributed by atoms with E-state index < -0.39 is 0 Å². The van der Waals surface area contributed by atoms with Crippen molar-refractivity contribution >= 4 is 11.9 Å². The third-order valence-corrected chi connectivity index (χ3v) is 8.73. The molecule has 0 aliphatic rings. The summed E-state index contributed by atoms with van der Waals surface area (Å²) < 4.78 is 11.7. The van der Waals surface area contributed by atoms with Crippen LogP contribution in [0.3, 0.4) is 0 Å². The number of hydrogen-bond donors (Lipinski definition) is 0. The molecule has 0 aromatic carbocycles. The van der Waals surface area contributed by atoms with Crippen LogP contribution in [0.4, 0.5) is 0 Å². The third-order valence-electron chi connectivity index (χ3n) is 8.73. The molecule has 0 aromatic rings. The van der Waals surface area contributed by atoms with Crippen molar-refractivity contribution in [2.24, 2.45) is 5.92 Å². The zero-order valence-corrected chi connectivity index (χ0v) is 29.7. The Morgan fingerprint density at radius 1 is 0.535 bits per heavy atom. The molecule has 0 aromatic heterocycles. The smallest absolute Gasteiger partial charge is 0.306 e. The minimum Gasteiger partial charge on any atom is -0.462 e. The van der Waals surface area contributed by atoms with Crippen LogP contribution in [-0.4, -0.2) is 50.2 Å². The van der Waals surface area contributed by atoms with Crippen molar-refractivity contribution in [1.29, 1.82) is 0 Å². The molecule has 0 fully saturated rings. The average Bonchev–Trinajstić information content (AvgIpc) is 2.98. The number of unbranched alkanes of at least 4 members (excludes halogenated alkanes) is 18. The lowest BCUT2D eigenvalue weighted by Crippen LogP contribution is -2.26. The molecule has 0 amide bonds. The summed E-state index contributed by atoms with van der Waals surface area (Å²) in [6.45, 7) is 8.01. The molecular formula is C38H75NO4.